The molecule has 2 unspecified atom stereocenters. The fraction of sp³-hybridized carbons (Fsp3) is 0.800. The minimum Gasteiger partial charge on any atom is -0.378 e. The zero-order valence-electron chi connectivity index (χ0n) is 12.2. The third kappa shape index (κ3) is 2.43. The van der Waals surface area contributed by atoms with Crippen molar-refractivity contribution in [1.82, 2.24) is 14.9 Å². The first-order valence-corrected chi connectivity index (χ1v) is 7.48. The molecule has 0 radical (unpaired) electrons. The summed E-state index contributed by atoms with van der Waals surface area (Å²) in [7, 11) is 0. The minimum atomic E-state index is 0.199. The summed E-state index contributed by atoms with van der Waals surface area (Å²) in [5, 5.41) is 3.57. The lowest BCUT2D eigenvalue weighted by molar-refractivity contribution is -0.128. The number of nitrogens with one attached hydrogen (secondary N) is 1. The SMILES string of the molecule is CCOC1CC(n2cncc2CNC2CC2)C1(C)C. The lowest BCUT2D eigenvalue weighted by atomic mass is 9.64. The zero-order valence-corrected chi connectivity index (χ0v) is 12.2. The average molecular weight is 263 g/mol. The van der Waals surface area contributed by atoms with Crippen LogP contribution in [0.1, 0.15) is 51.8 Å². The Bertz CT molecular complexity index is 436. The van der Waals surface area contributed by atoms with Gasteiger partial charge in [0.2, 0.25) is 0 Å². The van der Waals surface area contributed by atoms with Gasteiger partial charge < -0.3 is 14.6 Å². The third-order valence-electron chi connectivity index (χ3n) is 4.73. The molecule has 2 atom stereocenters. The van der Waals surface area contributed by atoms with Gasteiger partial charge in [-0.25, -0.2) is 4.98 Å². The monoisotopic (exact) mass is 263 g/mol. The Morgan fingerprint density at radius 1 is 1.47 bits per heavy atom. The van der Waals surface area contributed by atoms with Crippen LogP contribution in [0.4, 0.5) is 0 Å². The minimum absolute atomic E-state index is 0.199. The predicted molar refractivity (Wildman–Crippen MR) is 74.9 cm³/mol. The van der Waals surface area contributed by atoms with Crippen molar-refractivity contribution in [3.8, 4) is 0 Å². The van der Waals surface area contributed by atoms with E-state index < -0.39 is 0 Å². The zero-order chi connectivity index (χ0) is 13.5. The first-order chi connectivity index (χ1) is 9.13. The maximum Gasteiger partial charge on any atom is 0.0951 e. The first-order valence-electron chi connectivity index (χ1n) is 7.48. The second kappa shape index (κ2) is 4.91. The largest absolute Gasteiger partial charge is 0.378 e. The van der Waals surface area contributed by atoms with Crippen LogP contribution in [0.3, 0.4) is 0 Å². The molecule has 19 heavy (non-hydrogen) atoms. The van der Waals surface area contributed by atoms with Crippen LogP contribution in [-0.4, -0.2) is 28.3 Å². The normalized spacial score (nSPS) is 29.2. The molecule has 2 aliphatic rings. The number of rotatable bonds is 6. The van der Waals surface area contributed by atoms with Crippen molar-refractivity contribution in [2.45, 2.75) is 64.8 Å². The molecule has 3 rings (SSSR count). The van der Waals surface area contributed by atoms with Gasteiger partial charge in [-0.15, -0.1) is 0 Å². The Kier molecular flexibility index (Phi) is 3.39. The second-order valence-corrected chi connectivity index (χ2v) is 6.46. The van der Waals surface area contributed by atoms with E-state index in [0.717, 1.165) is 25.6 Å². The van der Waals surface area contributed by atoms with E-state index in [0.29, 0.717) is 12.1 Å². The third-order valence-corrected chi connectivity index (χ3v) is 4.73. The van der Waals surface area contributed by atoms with Crippen molar-refractivity contribution in [3.63, 3.8) is 0 Å². The Morgan fingerprint density at radius 2 is 2.26 bits per heavy atom. The molecule has 2 fully saturated rings. The van der Waals surface area contributed by atoms with Gasteiger partial charge in [0.25, 0.3) is 0 Å². The van der Waals surface area contributed by atoms with E-state index in [4.69, 9.17) is 4.74 Å². The summed E-state index contributed by atoms with van der Waals surface area (Å²) >= 11 is 0. The van der Waals surface area contributed by atoms with Crippen LogP contribution in [0.15, 0.2) is 12.5 Å². The summed E-state index contributed by atoms with van der Waals surface area (Å²) in [5.74, 6) is 0. The molecule has 0 spiro atoms. The molecule has 4 heteroatoms. The van der Waals surface area contributed by atoms with E-state index in [1.54, 1.807) is 0 Å². The van der Waals surface area contributed by atoms with Crippen LogP contribution in [0.5, 0.6) is 0 Å². The molecule has 0 aromatic carbocycles. The number of hydrogen-bond donors (Lipinski definition) is 1. The van der Waals surface area contributed by atoms with E-state index in [-0.39, 0.29) is 5.41 Å². The van der Waals surface area contributed by atoms with Crippen LogP contribution in [0.25, 0.3) is 0 Å². The second-order valence-electron chi connectivity index (χ2n) is 6.46. The molecule has 1 N–H and O–H groups in total. The van der Waals surface area contributed by atoms with E-state index >= 15 is 0 Å². The number of nitrogens with zero attached hydrogens (tertiary/aromatic N) is 2. The average Bonchev–Trinajstić information content (AvgIpc) is 3.11. The van der Waals surface area contributed by atoms with Gasteiger partial charge in [0.1, 0.15) is 0 Å². The van der Waals surface area contributed by atoms with Crippen molar-refractivity contribution in [2.75, 3.05) is 6.61 Å². The standard InChI is InChI=1S/C15H25N3O/c1-4-19-14-7-13(15(14,2)3)18-10-16-8-12(18)9-17-11-5-6-11/h8,10-11,13-14,17H,4-7,9H2,1-3H3. The summed E-state index contributed by atoms with van der Waals surface area (Å²) in [6, 6.07) is 1.26. The van der Waals surface area contributed by atoms with Gasteiger partial charge in [0.15, 0.2) is 0 Å². The Labute approximate surface area is 115 Å². The molecule has 0 aliphatic heterocycles. The highest BCUT2D eigenvalue weighted by molar-refractivity contribution is 5.09. The summed E-state index contributed by atoms with van der Waals surface area (Å²) in [4.78, 5) is 4.34. The summed E-state index contributed by atoms with van der Waals surface area (Å²) < 4.78 is 8.17. The first kappa shape index (κ1) is 13.1. The fourth-order valence-electron chi connectivity index (χ4n) is 3.11. The van der Waals surface area contributed by atoms with E-state index in [9.17, 15) is 0 Å². The Balaban J connectivity index is 1.67. The predicted octanol–water partition coefficient (Wildman–Crippen LogP) is 2.51. The molecule has 1 aromatic rings. The fourth-order valence-corrected chi connectivity index (χ4v) is 3.11. The Hall–Kier alpha value is -0.870. The van der Waals surface area contributed by atoms with E-state index in [1.807, 2.05) is 12.5 Å². The van der Waals surface area contributed by atoms with Crippen LogP contribution >= 0.6 is 0 Å². The molecular formula is C15H25N3O. The van der Waals surface area contributed by atoms with Gasteiger partial charge >= 0.3 is 0 Å². The lowest BCUT2D eigenvalue weighted by Crippen LogP contribution is -2.51. The smallest absolute Gasteiger partial charge is 0.0951 e. The van der Waals surface area contributed by atoms with Crippen molar-refractivity contribution in [2.24, 2.45) is 5.41 Å². The highest BCUT2D eigenvalue weighted by Crippen LogP contribution is 2.51. The van der Waals surface area contributed by atoms with Gasteiger partial charge in [-0.05, 0) is 26.2 Å². The summed E-state index contributed by atoms with van der Waals surface area (Å²) in [6.45, 7) is 8.43. The molecule has 0 bridgehead atoms. The maximum atomic E-state index is 5.82. The van der Waals surface area contributed by atoms with Crippen LogP contribution in [-0.2, 0) is 11.3 Å². The number of imidazole rings is 1. The molecule has 0 amide bonds. The maximum absolute atomic E-state index is 5.82. The molecule has 0 saturated heterocycles. The highest BCUT2D eigenvalue weighted by Gasteiger charge is 2.50. The number of aromatic nitrogens is 2. The van der Waals surface area contributed by atoms with E-state index in [2.05, 4.69) is 35.6 Å². The summed E-state index contributed by atoms with van der Waals surface area (Å²) in [5.41, 5.74) is 1.50. The number of hydrogen-bond acceptors (Lipinski definition) is 3. The van der Waals surface area contributed by atoms with E-state index in [1.165, 1.54) is 18.5 Å². The van der Waals surface area contributed by atoms with Crippen LogP contribution in [0, 0.1) is 5.41 Å². The van der Waals surface area contributed by atoms with Crippen LogP contribution < -0.4 is 5.32 Å². The van der Waals surface area contributed by atoms with Gasteiger partial charge in [-0.2, -0.15) is 0 Å². The van der Waals surface area contributed by atoms with Crippen molar-refractivity contribution in [3.05, 3.63) is 18.2 Å². The quantitative estimate of drug-likeness (QED) is 0.857. The van der Waals surface area contributed by atoms with Gasteiger partial charge in [0, 0.05) is 36.8 Å². The van der Waals surface area contributed by atoms with Crippen molar-refractivity contribution >= 4 is 0 Å². The van der Waals surface area contributed by atoms with Gasteiger partial charge in [-0.3, -0.25) is 0 Å². The molecule has 106 valence electrons. The molecular weight excluding hydrogens is 238 g/mol. The van der Waals surface area contributed by atoms with Gasteiger partial charge in [-0.1, -0.05) is 13.8 Å². The number of ether oxygens (including phenoxy) is 1. The topological polar surface area (TPSA) is 39.1 Å². The van der Waals surface area contributed by atoms with Gasteiger partial charge in [0.05, 0.1) is 18.1 Å². The molecule has 4 nitrogen and oxygen atoms in total. The molecule has 1 heterocycles. The molecule has 2 saturated carbocycles. The lowest BCUT2D eigenvalue weighted by Gasteiger charge is -2.52. The van der Waals surface area contributed by atoms with Crippen molar-refractivity contribution < 1.29 is 4.74 Å². The molecule has 1 aromatic heterocycles. The summed E-state index contributed by atoms with van der Waals surface area (Å²) in [6.07, 6.45) is 8.13. The van der Waals surface area contributed by atoms with Crippen LogP contribution in [0.2, 0.25) is 0 Å². The highest BCUT2D eigenvalue weighted by atomic mass is 16.5. The molecule has 2 aliphatic carbocycles. The van der Waals surface area contributed by atoms with Crippen molar-refractivity contribution in [1.29, 1.82) is 0 Å². The Morgan fingerprint density at radius 3 is 2.89 bits per heavy atom.